The molecule has 1 rings (SSSR count). The normalized spacial score (nSPS) is 12.9. The van der Waals surface area contributed by atoms with Gasteiger partial charge in [0.25, 0.3) is 0 Å². The number of benzene rings is 1. The smallest absolute Gasteiger partial charge is 0.126 e. The zero-order valence-corrected chi connectivity index (χ0v) is 13.0. The number of hydrogen-bond acceptors (Lipinski definition) is 0. The minimum absolute atomic E-state index is 0.0230. The monoisotopic (exact) mass is 264 g/mol. The molecule has 0 aliphatic carbocycles. The molecule has 1 heteroatoms. The lowest BCUT2D eigenvalue weighted by molar-refractivity contribution is 0.354. The molecular formula is C18H29F. The first kappa shape index (κ1) is 16.2. The standard InChI is InChI=1S/C18H29F/c1-5-9-15(10-6-2)17(8-4)16-12-11-14(7-3)18(19)13-16/h11-13,15,17H,5-10H2,1-4H3. The summed E-state index contributed by atoms with van der Waals surface area (Å²) in [7, 11) is 0. The summed E-state index contributed by atoms with van der Waals surface area (Å²) in [4.78, 5) is 0. The summed E-state index contributed by atoms with van der Waals surface area (Å²) >= 11 is 0. The molecule has 108 valence electrons. The van der Waals surface area contributed by atoms with Crippen LogP contribution in [0.15, 0.2) is 18.2 Å². The molecule has 0 aromatic heterocycles. The van der Waals surface area contributed by atoms with E-state index >= 15 is 0 Å². The molecule has 0 heterocycles. The Hall–Kier alpha value is -0.850. The second kappa shape index (κ2) is 8.35. The van der Waals surface area contributed by atoms with Crippen molar-refractivity contribution in [1.29, 1.82) is 0 Å². The summed E-state index contributed by atoms with van der Waals surface area (Å²) in [5.41, 5.74) is 2.03. The van der Waals surface area contributed by atoms with Gasteiger partial charge >= 0.3 is 0 Å². The molecule has 0 spiro atoms. The third-order valence-electron chi connectivity index (χ3n) is 4.21. The number of hydrogen-bond donors (Lipinski definition) is 0. The van der Waals surface area contributed by atoms with Crippen molar-refractivity contribution in [3.63, 3.8) is 0 Å². The summed E-state index contributed by atoms with van der Waals surface area (Å²) < 4.78 is 14.0. The van der Waals surface area contributed by atoms with Gasteiger partial charge in [-0.25, -0.2) is 4.39 Å². The molecule has 19 heavy (non-hydrogen) atoms. The minimum atomic E-state index is -0.0230. The highest BCUT2D eigenvalue weighted by Gasteiger charge is 2.21. The summed E-state index contributed by atoms with van der Waals surface area (Å²) in [6, 6.07) is 5.90. The van der Waals surface area contributed by atoms with Crippen molar-refractivity contribution in [3.8, 4) is 0 Å². The largest absolute Gasteiger partial charge is 0.207 e. The van der Waals surface area contributed by atoms with Crippen molar-refractivity contribution in [2.24, 2.45) is 5.92 Å². The molecule has 1 aromatic carbocycles. The third kappa shape index (κ3) is 4.33. The van der Waals surface area contributed by atoms with Crippen LogP contribution >= 0.6 is 0 Å². The van der Waals surface area contributed by atoms with Gasteiger partial charge in [0, 0.05) is 0 Å². The quantitative estimate of drug-likeness (QED) is 0.532. The molecular weight excluding hydrogens is 235 g/mol. The van der Waals surface area contributed by atoms with Gasteiger partial charge in [0.15, 0.2) is 0 Å². The first-order valence-electron chi connectivity index (χ1n) is 7.96. The molecule has 1 unspecified atom stereocenters. The van der Waals surface area contributed by atoms with Crippen LogP contribution in [0.5, 0.6) is 0 Å². The van der Waals surface area contributed by atoms with Gasteiger partial charge < -0.3 is 0 Å². The van der Waals surface area contributed by atoms with E-state index < -0.39 is 0 Å². The van der Waals surface area contributed by atoms with Crippen LogP contribution in [-0.2, 0) is 6.42 Å². The summed E-state index contributed by atoms with van der Waals surface area (Å²) in [6.45, 7) is 8.73. The summed E-state index contributed by atoms with van der Waals surface area (Å²) in [5.74, 6) is 1.19. The average Bonchev–Trinajstić information content (AvgIpc) is 2.40. The van der Waals surface area contributed by atoms with Crippen LogP contribution in [0.2, 0.25) is 0 Å². The Morgan fingerprint density at radius 1 is 1.00 bits per heavy atom. The summed E-state index contributed by atoms with van der Waals surface area (Å²) in [6.07, 6.45) is 6.83. The predicted octanol–water partition coefficient (Wildman–Crippen LogP) is 6.10. The lowest BCUT2D eigenvalue weighted by Gasteiger charge is -2.26. The van der Waals surface area contributed by atoms with E-state index in [1.54, 1.807) is 6.07 Å². The van der Waals surface area contributed by atoms with E-state index in [0.717, 1.165) is 18.4 Å². The third-order valence-corrected chi connectivity index (χ3v) is 4.21. The van der Waals surface area contributed by atoms with Crippen LogP contribution in [0, 0.1) is 11.7 Å². The van der Waals surface area contributed by atoms with Gasteiger partial charge in [0.2, 0.25) is 0 Å². The van der Waals surface area contributed by atoms with E-state index in [9.17, 15) is 4.39 Å². The van der Waals surface area contributed by atoms with Crippen LogP contribution in [0.3, 0.4) is 0 Å². The molecule has 0 bridgehead atoms. The van der Waals surface area contributed by atoms with Crippen molar-refractivity contribution >= 4 is 0 Å². The molecule has 0 aliphatic heterocycles. The van der Waals surface area contributed by atoms with Crippen molar-refractivity contribution in [1.82, 2.24) is 0 Å². The van der Waals surface area contributed by atoms with Crippen LogP contribution in [0.4, 0.5) is 4.39 Å². The maximum absolute atomic E-state index is 14.0. The van der Waals surface area contributed by atoms with Gasteiger partial charge in [0.1, 0.15) is 5.82 Å². The Morgan fingerprint density at radius 3 is 2.05 bits per heavy atom. The van der Waals surface area contributed by atoms with Crippen LogP contribution < -0.4 is 0 Å². The molecule has 0 fully saturated rings. The van der Waals surface area contributed by atoms with E-state index in [-0.39, 0.29) is 5.82 Å². The Bertz CT molecular complexity index is 364. The number of rotatable bonds is 8. The first-order valence-corrected chi connectivity index (χ1v) is 7.96. The molecule has 0 nitrogen and oxygen atoms in total. The Balaban J connectivity index is 2.96. The molecule has 0 saturated heterocycles. The van der Waals surface area contributed by atoms with E-state index in [1.165, 1.54) is 31.2 Å². The maximum Gasteiger partial charge on any atom is 0.126 e. The zero-order chi connectivity index (χ0) is 14.3. The molecule has 0 N–H and O–H groups in total. The van der Waals surface area contributed by atoms with Crippen LogP contribution in [0.1, 0.15) is 76.8 Å². The molecule has 0 radical (unpaired) electrons. The highest BCUT2D eigenvalue weighted by molar-refractivity contribution is 5.27. The van der Waals surface area contributed by atoms with Gasteiger partial charge in [0.05, 0.1) is 0 Å². The predicted molar refractivity (Wildman–Crippen MR) is 82.1 cm³/mol. The van der Waals surface area contributed by atoms with Gasteiger partial charge in [-0.2, -0.15) is 0 Å². The van der Waals surface area contributed by atoms with Gasteiger partial charge in [-0.05, 0) is 41.9 Å². The zero-order valence-electron chi connectivity index (χ0n) is 13.0. The van der Waals surface area contributed by atoms with E-state index in [2.05, 4.69) is 26.8 Å². The van der Waals surface area contributed by atoms with Crippen molar-refractivity contribution < 1.29 is 4.39 Å². The fraction of sp³-hybridized carbons (Fsp3) is 0.667. The van der Waals surface area contributed by atoms with Gasteiger partial charge in [-0.1, -0.05) is 65.5 Å². The second-order valence-electron chi connectivity index (χ2n) is 5.56. The van der Waals surface area contributed by atoms with Crippen LogP contribution in [0.25, 0.3) is 0 Å². The lowest BCUT2D eigenvalue weighted by atomic mass is 9.79. The van der Waals surface area contributed by atoms with Gasteiger partial charge in [-0.15, -0.1) is 0 Å². The van der Waals surface area contributed by atoms with Gasteiger partial charge in [-0.3, -0.25) is 0 Å². The molecule has 1 aromatic rings. The molecule has 0 saturated carbocycles. The van der Waals surface area contributed by atoms with E-state index in [1.807, 2.05) is 13.0 Å². The van der Waals surface area contributed by atoms with Crippen LogP contribution in [-0.4, -0.2) is 0 Å². The molecule has 0 amide bonds. The molecule has 1 atom stereocenters. The van der Waals surface area contributed by atoms with Crippen molar-refractivity contribution in [2.45, 2.75) is 72.1 Å². The molecule has 0 aliphatic rings. The Labute approximate surface area is 118 Å². The second-order valence-corrected chi connectivity index (χ2v) is 5.56. The van der Waals surface area contributed by atoms with E-state index in [0.29, 0.717) is 11.8 Å². The average molecular weight is 264 g/mol. The Kier molecular flexibility index (Phi) is 7.12. The fourth-order valence-electron chi connectivity index (χ4n) is 3.21. The number of halogens is 1. The number of aryl methyl sites for hydroxylation is 1. The summed E-state index contributed by atoms with van der Waals surface area (Å²) in [5, 5.41) is 0. The fourth-order valence-corrected chi connectivity index (χ4v) is 3.21. The SMILES string of the molecule is CCCC(CCC)C(CC)c1ccc(CC)c(F)c1. The minimum Gasteiger partial charge on any atom is -0.207 e. The topological polar surface area (TPSA) is 0 Å². The highest BCUT2D eigenvalue weighted by atomic mass is 19.1. The van der Waals surface area contributed by atoms with Crippen molar-refractivity contribution in [3.05, 3.63) is 35.1 Å². The lowest BCUT2D eigenvalue weighted by Crippen LogP contribution is -2.13. The van der Waals surface area contributed by atoms with E-state index in [4.69, 9.17) is 0 Å². The maximum atomic E-state index is 14.0. The first-order chi connectivity index (χ1) is 9.17. The van der Waals surface area contributed by atoms with Crippen molar-refractivity contribution in [2.75, 3.05) is 0 Å². The highest BCUT2D eigenvalue weighted by Crippen LogP contribution is 2.35. The Morgan fingerprint density at radius 2 is 1.63 bits per heavy atom.